The van der Waals surface area contributed by atoms with Gasteiger partial charge in [-0.05, 0) is 24.3 Å². The first kappa shape index (κ1) is 16.6. The Morgan fingerprint density at radius 2 is 1.81 bits per heavy atom. The highest BCUT2D eigenvalue weighted by Crippen LogP contribution is 2.29. The van der Waals surface area contributed by atoms with Crippen molar-refractivity contribution in [3.8, 4) is 0 Å². The lowest BCUT2D eigenvalue weighted by molar-refractivity contribution is -0.117. The van der Waals surface area contributed by atoms with E-state index in [1.165, 1.54) is 23.1 Å². The summed E-state index contributed by atoms with van der Waals surface area (Å²) in [7, 11) is 0. The maximum absolute atomic E-state index is 12.0. The number of urea groups is 1. The van der Waals surface area contributed by atoms with Crippen LogP contribution in [0.4, 0.5) is 10.5 Å². The number of amides is 3. The number of fused-ring (bicyclic) bond motifs is 3. The van der Waals surface area contributed by atoms with E-state index in [1.54, 1.807) is 24.3 Å². The fraction of sp³-hybridized carbons (Fsp3) is 0.0588. The molecule has 3 amide bonds. The number of nitrogens with one attached hydrogen (secondary N) is 2. The van der Waals surface area contributed by atoms with Crippen LogP contribution in [-0.4, -0.2) is 32.3 Å². The molecular weight excluding hydrogens is 370 g/mol. The Labute approximate surface area is 156 Å². The number of anilines is 1. The molecule has 4 rings (SSSR count). The molecule has 0 aliphatic carbocycles. The lowest BCUT2D eigenvalue weighted by Crippen LogP contribution is -2.35. The van der Waals surface area contributed by atoms with Gasteiger partial charge in [-0.3, -0.25) is 14.5 Å². The van der Waals surface area contributed by atoms with Crippen molar-refractivity contribution in [1.82, 2.24) is 19.9 Å². The molecule has 0 saturated carbocycles. The Kier molecular flexibility index (Phi) is 4.55. The Morgan fingerprint density at radius 1 is 1.04 bits per heavy atom. The number of hydrogen-bond acceptors (Lipinski definition) is 6. The predicted octanol–water partition coefficient (Wildman–Crippen LogP) is 3.38. The molecule has 0 fully saturated rings. The van der Waals surface area contributed by atoms with Gasteiger partial charge in [-0.2, -0.15) is 0 Å². The molecule has 130 valence electrons. The van der Waals surface area contributed by atoms with E-state index < -0.39 is 11.9 Å². The Bertz CT molecular complexity index is 1090. The fourth-order valence-corrected chi connectivity index (χ4v) is 4.19. The van der Waals surface area contributed by atoms with Crippen LogP contribution in [0.3, 0.4) is 0 Å². The quantitative estimate of drug-likeness (QED) is 0.528. The van der Waals surface area contributed by atoms with E-state index in [2.05, 4.69) is 20.8 Å². The third kappa shape index (κ3) is 3.39. The second-order valence-electron chi connectivity index (χ2n) is 5.33. The monoisotopic (exact) mass is 383 g/mol. The van der Waals surface area contributed by atoms with Crippen molar-refractivity contribution in [2.24, 2.45) is 0 Å². The van der Waals surface area contributed by atoms with Crippen LogP contribution in [-0.2, 0) is 4.79 Å². The van der Waals surface area contributed by atoms with E-state index in [9.17, 15) is 9.59 Å². The summed E-state index contributed by atoms with van der Waals surface area (Å²) in [4.78, 5) is 24.6. The van der Waals surface area contributed by atoms with Crippen molar-refractivity contribution in [3.63, 3.8) is 0 Å². The largest absolute Gasteiger partial charge is 0.325 e. The molecule has 0 aliphatic rings. The van der Waals surface area contributed by atoms with Gasteiger partial charge in [0.1, 0.15) is 0 Å². The summed E-state index contributed by atoms with van der Waals surface area (Å²) in [6, 6.07) is 16.3. The Balaban J connectivity index is 1.40. The highest BCUT2D eigenvalue weighted by Gasteiger charge is 2.15. The predicted molar refractivity (Wildman–Crippen MR) is 103 cm³/mol. The summed E-state index contributed by atoms with van der Waals surface area (Å²) >= 11 is 2.78. The van der Waals surface area contributed by atoms with E-state index in [-0.39, 0.29) is 5.75 Å². The summed E-state index contributed by atoms with van der Waals surface area (Å²) in [5.74, 6) is -0.340. The molecule has 0 saturated heterocycles. The van der Waals surface area contributed by atoms with Gasteiger partial charge in [-0.15, -0.1) is 10.2 Å². The van der Waals surface area contributed by atoms with Gasteiger partial charge in [0, 0.05) is 5.69 Å². The fourth-order valence-electron chi connectivity index (χ4n) is 2.43. The smallest absolute Gasteiger partial charge is 0.308 e. The van der Waals surface area contributed by atoms with E-state index >= 15 is 0 Å². The molecular formula is C17H13N5O2S2. The van der Waals surface area contributed by atoms with Crippen LogP contribution in [0.1, 0.15) is 0 Å². The van der Waals surface area contributed by atoms with Gasteiger partial charge >= 0.3 is 6.03 Å². The minimum atomic E-state index is -0.561. The highest BCUT2D eigenvalue weighted by molar-refractivity contribution is 7.99. The molecule has 4 aromatic rings. The van der Waals surface area contributed by atoms with E-state index in [4.69, 9.17) is 0 Å². The van der Waals surface area contributed by atoms with Gasteiger partial charge in [0.05, 0.1) is 16.0 Å². The third-order valence-corrected chi connectivity index (χ3v) is 5.47. The van der Waals surface area contributed by atoms with E-state index in [0.717, 1.165) is 15.2 Å². The van der Waals surface area contributed by atoms with Gasteiger partial charge in [0.25, 0.3) is 0 Å². The van der Waals surface area contributed by atoms with Crippen LogP contribution in [0.5, 0.6) is 0 Å². The second kappa shape index (κ2) is 7.14. The first-order chi connectivity index (χ1) is 12.7. The number of thioether (sulfide) groups is 1. The number of thiazole rings is 1. The van der Waals surface area contributed by atoms with Crippen molar-refractivity contribution in [2.75, 3.05) is 11.1 Å². The lowest BCUT2D eigenvalue weighted by Gasteiger charge is -2.06. The summed E-state index contributed by atoms with van der Waals surface area (Å²) in [6.45, 7) is 0. The molecule has 2 aromatic carbocycles. The number of aromatic nitrogens is 3. The molecule has 9 heteroatoms. The molecule has 0 spiro atoms. The third-order valence-electron chi connectivity index (χ3n) is 3.53. The molecule has 2 N–H and O–H groups in total. The maximum atomic E-state index is 12.0. The molecule has 0 aliphatic heterocycles. The molecule has 0 unspecified atom stereocenters. The first-order valence-electron chi connectivity index (χ1n) is 7.72. The number of nitrogens with zero attached hydrogens (tertiary/aromatic N) is 3. The standard InChI is InChI=1S/C17H13N5O2S2/c23-14(19-15(24)18-11-6-2-1-3-7-11)10-25-16-20-21-17-22(16)12-8-4-5-9-13(12)26-17/h1-9H,10H2,(H2,18,19,23,24). The summed E-state index contributed by atoms with van der Waals surface area (Å²) in [6.07, 6.45) is 0. The first-order valence-corrected chi connectivity index (χ1v) is 9.52. The zero-order valence-corrected chi connectivity index (χ0v) is 15.0. The van der Waals surface area contributed by atoms with Gasteiger partial charge in [0.2, 0.25) is 10.9 Å². The minimum Gasteiger partial charge on any atom is -0.308 e. The topological polar surface area (TPSA) is 88.4 Å². The van der Waals surface area contributed by atoms with Gasteiger partial charge in [0.15, 0.2) is 5.16 Å². The van der Waals surface area contributed by atoms with E-state index in [0.29, 0.717) is 10.8 Å². The van der Waals surface area contributed by atoms with Crippen LogP contribution >= 0.6 is 23.1 Å². The molecule has 26 heavy (non-hydrogen) atoms. The van der Waals surface area contributed by atoms with Crippen molar-refractivity contribution < 1.29 is 9.59 Å². The molecule has 0 bridgehead atoms. The molecule has 0 radical (unpaired) electrons. The molecule has 2 aromatic heterocycles. The van der Waals surface area contributed by atoms with Gasteiger partial charge < -0.3 is 5.32 Å². The SMILES string of the molecule is O=C(CSc1nnc2sc3ccccc3n12)NC(=O)Nc1ccccc1. The van der Waals surface area contributed by atoms with Gasteiger partial charge in [-0.25, -0.2) is 4.79 Å². The lowest BCUT2D eigenvalue weighted by atomic mass is 10.3. The van der Waals surface area contributed by atoms with Crippen LogP contribution in [0.2, 0.25) is 0 Å². The Morgan fingerprint density at radius 3 is 2.65 bits per heavy atom. The number of imide groups is 1. The van der Waals surface area contributed by atoms with E-state index in [1.807, 2.05) is 34.7 Å². The zero-order valence-electron chi connectivity index (χ0n) is 13.4. The molecule has 7 nitrogen and oxygen atoms in total. The molecule has 0 atom stereocenters. The van der Waals surface area contributed by atoms with Crippen LogP contribution in [0, 0.1) is 0 Å². The summed E-state index contributed by atoms with van der Waals surface area (Å²) in [5, 5.41) is 13.8. The number of hydrogen-bond donors (Lipinski definition) is 2. The number of carbonyl (C=O) groups is 2. The zero-order chi connectivity index (χ0) is 17.9. The number of rotatable bonds is 4. The average Bonchev–Trinajstić information content (AvgIpc) is 3.20. The molecule has 2 heterocycles. The van der Waals surface area contributed by atoms with Crippen molar-refractivity contribution >= 4 is 55.9 Å². The van der Waals surface area contributed by atoms with Crippen LogP contribution < -0.4 is 10.6 Å². The Hall–Kier alpha value is -2.91. The van der Waals surface area contributed by atoms with Gasteiger partial charge in [-0.1, -0.05) is 53.4 Å². The highest BCUT2D eigenvalue weighted by atomic mass is 32.2. The number of carbonyl (C=O) groups excluding carboxylic acids is 2. The number of benzene rings is 2. The summed E-state index contributed by atoms with van der Waals surface area (Å²) in [5.41, 5.74) is 1.62. The average molecular weight is 383 g/mol. The maximum Gasteiger partial charge on any atom is 0.325 e. The normalized spacial score (nSPS) is 10.9. The van der Waals surface area contributed by atoms with Crippen molar-refractivity contribution in [1.29, 1.82) is 0 Å². The number of para-hydroxylation sites is 2. The van der Waals surface area contributed by atoms with Crippen LogP contribution in [0.15, 0.2) is 59.8 Å². The second-order valence-corrected chi connectivity index (χ2v) is 7.28. The van der Waals surface area contributed by atoms with Crippen molar-refractivity contribution in [2.45, 2.75) is 5.16 Å². The minimum absolute atomic E-state index is 0.0627. The van der Waals surface area contributed by atoms with Crippen molar-refractivity contribution in [3.05, 3.63) is 54.6 Å². The van der Waals surface area contributed by atoms with Crippen LogP contribution in [0.25, 0.3) is 15.2 Å². The summed E-state index contributed by atoms with van der Waals surface area (Å²) < 4.78 is 3.02.